The first-order valence-electron chi connectivity index (χ1n) is 8.81. The summed E-state index contributed by atoms with van der Waals surface area (Å²) in [5, 5.41) is 5.82. The topological polar surface area (TPSA) is 95.6 Å². The highest BCUT2D eigenvalue weighted by Crippen LogP contribution is 2.25. The molecule has 1 aliphatic carbocycles. The van der Waals surface area contributed by atoms with Gasteiger partial charge in [-0.15, -0.1) is 0 Å². The smallest absolute Gasteiger partial charge is 0.261 e. The molecule has 0 saturated heterocycles. The summed E-state index contributed by atoms with van der Waals surface area (Å²) in [5.74, 6) is -0.790. The fourth-order valence-electron chi connectivity index (χ4n) is 2.82. The van der Waals surface area contributed by atoms with Gasteiger partial charge in [-0.3, -0.25) is 19.3 Å². The summed E-state index contributed by atoms with van der Waals surface area (Å²) in [5.41, 5.74) is 1.91. The standard InChI is InChI=1S/C19H25N3O4/c1-13-6-7-15(21-14-4-3-5-14)10-17(13)19(26)22(12-24)16(11-23)8-9-18(25)20-2/h6-7,10-12,14,16,21H,3-5,8-9H2,1-2H3,(H,20,25). The number of hydrogen-bond donors (Lipinski definition) is 2. The van der Waals surface area contributed by atoms with E-state index in [-0.39, 0.29) is 18.7 Å². The number of aryl methyl sites for hydroxylation is 1. The van der Waals surface area contributed by atoms with Crippen molar-refractivity contribution in [1.82, 2.24) is 10.2 Å². The van der Waals surface area contributed by atoms with Gasteiger partial charge in [0.2, 0.25) is 12.3 Å². The van der Waals surface area contributed by atoms with Gasteiger partial charge < -0.3 is 15.4 Å². The van der Waals surface area contributed by atoms with E-state index in [1.165, 1.54) is 13.5 Å². The monoisotopic (exact) mass is 359 g/mol. The van der Waals surface area contributed by atoms with Crippen LogP contribution in [-0.2, 0) is 14.4 Å². The van der Waals surface area contributed by atoms with Crippen molar-refractivity contribution < 1.29 is 19.2 Å². The van der Waals surface area contributed by atoms with E-state index in [2.05, 4.69) is 10.6 Å². The molecule has 0 aromatic heterocycles. The van der Waals surface area contributed by atoms with Gasteiger partial charge in [-0.25, -0.2) is 0 Å². The molecular weight excluding hydrogens is 334 g/mol. The average Bonchev–Trinajstić information content (AvgIpc) is 2.62. The summed E-state index contributed by atoms with van der Waals surface area (Å²) in [6.45, 7) is 1.78. The number of hydrogen-bond acceptors (Lipinski definition) is 5. The Balaban J connectivity index is 2.17. The van der Waals surface area contributed by atoms with Crippen molar-refractivity contribution in [2.45, 2.75) is 51.1 Å². The summed E-state index contributed by atoms with van der Waals surface area (Å²) in [6.07, 6.45) is 4.43. The molecule has 1 aromatic rings. The van der Waals surface area contributed by atoms with Crippen molar-refractivity contribution in [3.8, 4) is 0 Å². The highest BCUT2D eigenvalue weighted by Gasteiger charge is 2.26. The van der Waals surface area contributed by atoms with Gasteiger partial charge in [-0.1, -0.05) is 6.07 Å². The molecule has 1 aromatic carbocycles. The number of benzene rings is 1. The van der Waals surface area contributed by atoms with Gasteiger partial charge in [0.05, 0.1) is 6.04 Å². The molecule has 1 aliphatic rings. The van der Waals surface area contributed by atoms with Crippen molar-refractivity contribution in [1.29, 1.82) is 0 Å². The summed E-state index contributed by atoms with van der Waals surface area (Å²) < 4.78 is 0. The number of aldehydes is 1. The van der Waals surface area contributed by atoms with Crippen LogP contribution in [0.4, 0.5) is 5.69 Å². The lowest BCUT2D eigenvalue weighted by Gasteiger charge is -2.28. The minimum atomic E-state index is -0.972. The van der Waals surface area contributed by atoms with Crippen molar-refractivity contribution in [2.75, 3.05) is 12.4 Å². The zero-order chi connectivity index (χ0) is 19.1. The predicted octanol–water partition coefficient (Wildman–Crippen LogP) is 1.65. The Morgan fingerprint density at radius 3 is 2.58 bits per heavy atom. The van der Waals surface area contributed by atoms with E-state index in [4.69, 9.17) is 0 Å². The van der Waals surface area contributed by atoms with Crippen LogP contribution in [0.2, 0.25) is 0 Å². The largest absolute Gasteiger partial charge is 0.382 e. The minimum Gasteiger partial charge on any atom is -0.382 e. The second-order valence-electron chi connectivity index (χ2n) is 6.53. The Morgan fingerprint density at radius 2 is 2.04 bits per heavy atom. The van der Waals surface area contributed by atoms with Crippen molar-refractivity contribution >= 4 is 30.2 Å². The molecule has 0 aliphatic heterocycles. The number of anilines is 1. The van der Waals surface area contributed by atoms with Crippen molar-refractivity contribution in [3.63, 3.8) is 0 Å². The Morgan fingerprint density at radius 1 is 1.31 bits per heavy atom. The third-order valence-electron chi connectivity index (χ3n) is 4.75. The molecule has 1 atom stereocenters. The summed E-state index contributed by atoms with van der Waals surface area (Å²) in [7, 11) is 1.49. The van der Waals surface area contributed by atoms with Gasteiger partial charge >= 0.3 is 0 Å². The maximum atomic E-state index is 12.8. The van der Waals surface area contributed by atoms with Crippen LogP contribution in [0.5, 0.6) is 0 Å². The first kappa shape index (κ1) is 19.6. The molecule has 0 radical (unpaired) electrons. The molecule has 0 bridgehead atoms. The van der Waals surface area contributed by atoms with E-state index in [9.17, 15) is 19.2 Å². The third-order valence-corrected chi connectivity index (χ3v) is 4.75. The van der Waals surface area contributed by atoms with Gasteiger partial charge in [-0.2, -0.15) is 0 Å². The van der Waals surface area contributed by atoms with Crippen LogP contribution >= 0.6 is 0 Å². The minimum absolute atomic E-state index is 0.0553. The Kier molecular flexibility index (Phi) is 6.89. The second-order valence-corrected chi connectivity index (χ2v) is 6.53. The number of imide groups is 1. The zero-order valence-electron chi connectivity index (χ0n) is 15.2. The molecule has 0 heterocycles. The van der Waals surface area contributed by atoms with Gasteiger partial charge in [0, 0.05) is 30.8 Å². The molecule has 2 N–H and O–H groups in total. The van der Waals surface area contributed by atoms with Crippen molar-refractivity contribution in [3.05, 3.63) is 29.3 Å². The van der Waals surface area contributed by atoms with E-state index in [0.717, 1.165) is 29.0 Å². The molecular formula is C19H25N3O4. The van der Waals surface area contributed by atoms with E-state index in [1.807, 2.05) is 12.1 Å². The highest BCUT2D eigenvalue weighted by molar-refractivity contribution is 6.03. The van der Waals surface area contributed by atoms with E-state index in [0.29, 0.717) is 24.3 Å². The number of amides is 3. The van der Waals surface area contributed by atoms with Gasteiger partial charge in [0.15, 0.2) is 0 Å². The first-order chi connectivity index (χ1) is 12.5. The van der Waals surface area contributed by atoms with Gasteiger partial charge in [0.25, 0.3) is 5.91 Å². The summed E-state index contributed by atoms with van der Waals surface area (Å²) in [6, 6.07) is 4.88. The molecule has 1 unspecified atom stereocenters. The quantitative estimate of drug-likeness (QED) is 0.654. The molecule has 26 heavy (non-hydrogen) atoms. The number of carbonyl (C=O) groups excluding carboxylic acids is 4. The van der Waals surface area contributed by atoms with Crippen LogP contribution < -0.4 is 10.6 Å². The Hall–Kier alpha value is -2.70. The van der Waals surface area contributed by atoms with Crippen LogP contribution in [-0.4, -0.2) is 48.5 Å². The van der Waals surface area contributed by atoms with Crippen LogP contribution in [0, 0.1) is 6.92 Å². The fraction of sp³-hybridized carbons (Fsp3) is 0.474. The van der Waals surface area contributed by atoms with E-state index in [1.54, 1.807) is 13.0 Å². The molecule has 1 fully saturated rings. The normalized spacial score (nSPS) is 14.7. The maximum Gasteiger partial charge on any atom is 0.261 e. The van der Waals surface area contributed by atoms with Crippen LogP contribution in [0.15, 0.2) is 18.2 Å². The summed E-state index contributed by atoms with van der Waals surface area (Å²) >= 11 is 0. The molecule has 3 amide bonds. The number of rotatable bonds is 9. The molecule has 140 valence electrons. The SMILES string of the molecule is CNC(=O)CCC(C=O)N(C=O)C(=O)c1cc(NC2CCC2)ccc1C. The highest BCUT2D eigenvalue weighted by atomic mass is 16.2. The van der Waals surface area contributed by atoms with Gasteiger partial charge in [0.1, 0.15) is 6.29 Å². The average molecular weight is 359 g/mol. The van der Waals surface area contributed by atoms with Gasteiger partial charge in [-0.05, 0) is 50.3 Å². The second kappa shape index (κ2) is 9.12. The molecule has 1 saturated carbocycles. The number of nitrogens with one attached hydrogen (secondary N) is 2. The van der Waals surface area contributed by atoms with Crippen LogP contribution in [0.1, 0.15) is 48.0 Å². The third kappa shape index (κ3) is 4.68. The lowest BCUT2D eigenvalue weighted by molar-refractivity contribution is -0.125. The molecule has 2 rings (SSSR count). The molecule has 7 heteroatoms. The fourth-order valence-corrected chi connectivity index (χ4v) is 2.82. The molecule has 0 spiro atoms. The lowest BCUT2D eigenvalue weighted by Crippen LogP contribution is -2.41. The summed E-state index contributed by atoms with van der Waals surface area (Å²) in [4.78, 5) is 48.0. The zero-order valence-corrected chi connectivity index (χ0v) is 15.2. The Bertz CT molecular complexity index is 685. The van der Waals surface area contributed by atoms with Crippen LogP contribution in [0.3, 0.4) is 0 Å². The van der Waals surface area contributed by atoms with Crippen LogP contribution in [0.25, 0.3) is 0 Å². The van der Waals surface area contributed by atoms with E-state index >= 15 is 0 Å². The number of nitrogens with zero attached hydrogens (tertiary/aromatic N) is 1. The molecule has 7 nitrogen and oxygen atoms in total. The van der Waals surface area contributed by atoms with E-state index < -0.39 is 11.9 Å². The lowest BCUT2D eigenvalue weighted by atomic mass is 9.92. The number of carbonyl (C=O) groups is 4. The Labute approximate surface area is 153 Å². The van der Waals surface area contributed by atoms with Crippen molar-refractivity contribution in [2.24, 2.45) is 0 Å². The predicted molar refractivity (Wildman–Crippen MR) is 97.8 cm³/mol. The maximum absolute atomic E-state index is 12.8. The first-order valence-corrected chi connectivity index (χ1v) is 8.81.